The molecule has 1 aliphatic carbocycles. The van der Waals surface area contributed by atoms with Crippen LogP contribution in [0.25, 0.3) is 87.6 Å². The van der Waals surface area contributed by atoms with Crippen molar-refractivity contribution < 1.29 is 0 Å². The fraction of sp³-hybridized carbons (Fsp3) is 0.0612. The van der Waals surface area contributed by atoms with E-state index in [0.29, 0.717) is 0 Å². The predicted octanol–water partition coefficient (Wildman–Crippen LogP) is 13.6. The fourth-order valence-electron chi connectivity index (χ4n) is 9.12. The van der Waals surface area contributed by atoms with E-state index in [1.165, 1.54) is 98.7 Å². The Labute approximate surface area is 286 Å². The molecule has 1 aliphatic rings. The Bertz CT molecular complexity index is 2720. The van der Waals surface area contributed by atoms with E-state index in [1.807, 2.05) is 0 Å². The van der Waals surface area contributed by atoms with Crippen LogP contribution in [-0.2, 0) is 5.41 Å². The van der Waals surface area contributed by atoms with Gasteiger partial charge in [0, 0.05) is 5.41 Å². The average molecular weight is 623 g/mol. The van der Waals surface area contributed by atoms with Gasteiger partial charge < -0.3 is 0 Å². The van der Waals surface area contributed by atoms with Gasteiger partial charge >= 0.3 is 0 Å². The minimum Gasteiger partial charge on any atom is -0.0622 e. The highest BCUT2D eigenvalue weighted by Gasteiger charge is 2.40. The maximum atomic E-state index is 2.44. The van der Waals surface area contributed by atoms with Gasteiger partial charge in [0.15, 0.2) is 0 Å². The Morgan fingerprint density at radius 3 is 1.20 bits per heavy atom. The third-order valence-electron chi connectivity index (χ3n) is 11.0. The van der Waals surface area contributed by atoms with Crippen molar-refractivity contribution in [2.24, 2.45) is 0 Å². The van der Waals surface area contributed by atoms with Crippen LogP contribution in [0, 0.1) is 0 Å². The van der Waals surface area contributed by atoms with E-state index in [2.05, 4.69) is 184 Å². The smallest absolute Gasteiger partial charge is 0.0171 e. The quantitative estimate of drug-likeness (QED) is 0.136. The first kappa shape index (κ1) is 28.1. The molecule has 0 heterocycles. The molecule has 0 heteroatoms. The lowest BCUT2D eigenvalue weighted by Crippen LogP contribution is -2.17. The van der Waals surface area contributed by atoms with Gasteiger partial charge in [-0.2, -0.15) is 0 Å². The number of fused-ring (bicyclic) bond motifs is 10. The second-order valence-corrected chi connectivity index (χ2v) is 13.9. The van der Waals surface area contributed by atoms with Crippen molar-refractivity contribution in [3.8, 4) is 44.5 Å². The summed E-state index contributed by atoms with van der Waals surface area (Å²) in [7, 11) is 0. The number of hydrogen-bond acceptors (Lipinski definition) is 0. The maximum absolute atomic E-state index is 2.44. The molecule has 0 saturated heterocycles. The van der Waals surface area contributed by atoms with Crippen LogP contribution in [0.15, 0.2) is 170 Å². The van der Waals surface area contributed by atoms with Gasteiger partial charge in [0.05, 0.1) is 0 Å². The topological polar surface area (TPSA) is 0 Å². The van der Waals surface area contributed by atoms with Gasteiger partial charge in [0.1, 0.15) is 0 Å². The van der Waals surface area contributed by atoms with E-state index in [1.54, 1.807) is 0 Å². The van der Waals surface area contributed by atoms with Gasteiger partial charge in [0.2, 0.25) is 0 Å². The largest absolute Gasteiger partial charge is 0.0622 e. The highest BCUT2D eigenvalue weighted by molar-refractivity contribution is 6.24. The summed E-state index contributed by atoms with van der Waals surface area (Å²) in [6.07, 6.45) is 0. The first-order chi connectivity index (χ1) is 24.1. The van der Waals surface area contributed by atoms with E-state index in [9.17, 15) is 0 Å². The summed E-state index contributed by atoms with van der Waals surface area (Å²) in [5.41, 5.74) is 13.1. The first-order valence-corrected chi connectivity index (χ1v) is 17.3. The number of hydrogen-bond donors (Lipinski definition) is 0. The van der Waals surface area contributed by atoms with Crippen LogP contribution >= 0.6 is 0 Å². The SMILES string of the molecule is CC1(C)c2c(-c3c4ccccc4c(-c4ccccc4-c4ccccc4)c4ccccc34)cccc2-c2c1c1ccccc1c1ccccc21. The third kappa shape index (κ3) is 3.92. The highest BCUT2D eigenvalue weighted by atomic mass is 14.4. The molecular weight excluding hydrogens is 589 g/mol. The Kier molecular flexibility index (Phi) is 6.02. The van der Waals surface area contributed by atoms with Gasteiger partial charge in [-0.15, -0.1) is 0 Å². The second-order valence-electron chi connectivity index (χ2n) is 13.9. The predicted molar refractivity (Wildman–Crippen MR) is 210 cm³/mol. The molecule has 0 N–H and O–H groups in total. The molecule has 9 aromatic rings. The van der Waals surface area contributed by atoms with Gasteiger partial charge in [0.25, 0.3) is 0 Å². The molecule has 0 aliphatic heterocycles. The van der Waals surface area contributed by atoms with Crippen LogP contribution in [0.2, 0.25) is 0 Å². The van der Waals surface area contributed by atoms with E-state index in [-0.39, 0.29) is 5.41 Å². The van der Waals surface area contributed by atoms with Gasteiger partial charge in [-0.1, -0.05) is 184 Å². The van der Waals surface area contributed by atoms with Crippen molar-refractivity contribution >= 4 is 43.1 Å². The zero-order valence-corrected chi connectivity index (χ0v) is 27.7. The summed E-state index contributed by atoms with van der Waals surface area (Å²) in [5, 5.41) is 10.5. The molecule has 0 aromatic heterocycles. The molecule has 0 radical (unpaired) electrons. The summed E-state index contributed by atoms with van der Waals surface area (Å²) < 4.78 is 0. The van der Waals surface area contributed by atoms with Crippen molar-refractivity contribution in [3.05, 3.63) is 181 Å². The molecule has 0 fully saturated rings. The standard InChI is InChI=1S/C49H34/c1-49(2)47-42(29-16-30-43(47)46-36-23-10-7-20-33(36)34-21-8-15-28-41(34)48(46)49)45-39-26-13-11-24-37(39)44(38-25-12-14-27-40(38)45)35-22-9-6-19-32(35)31-17-4-3-5-18-31/h3-30H,1-2H3. The lowest BCUT2D eigenvalue weighted by molar-refractivity contribution is 0.668. The highest BCUT2D eigenvalue weighted by Crippen LogP contribution is 2.58. The van der Waals surface area contributed by atoms with Crippen LogP contribution in [0.5, 0.6) is 0 Å². The van der Waals surface area contributed by atoms with Gasteiger partial charge in [-0.05, 0) is 98.7 Å². The molecule has 0 bridgehead atoms. The van der Waals surface area contributed by atoms with Crippen LogP contribution in [0.1, 0.15) is 25.0 Å². The molecule has 0 nitrogen and oxygen atoms in total. The molecule has 0 saturated carbocycles. The summed E-state index contributed by atoms with van der Waals surface area (Å²) in [5.74, 6) is 0. The molecule has 0 unspecified atom stereocenters. The average Bonchev–Trinajstić information content (AvgIpc) is 3.41. The minimum atomic E-state index is -0.217. The molecule has 230 valence electrons. The van der Waals surface area contributed by atoms with Crippen LogP contribution in [0.4, 0.5) is 0 Å². The van der Waals surface area contributed by atoms with Crippen molar-refractivity contribution in [1.29, 1.82) is 0 Å². The number of benzene rings is 9. The summed E-state index contributed by atoms with van der Waals surface area (Å²) >= 11 is 0. The molecule has 9 aromatic carbocycles. The summed E-state index contributed by atoms with van der Waals surface area (Å²) in [6, 6.07) is 62.8. The Hall–Kier alpha value is -5.98. The van der Waals surface area contributed by atoms with E-state index >= 15 is 0 Å². The van der Waals surface area contributed by atoms with Gasteiger partial charge in [-0.25, -0.2) is 0 Å². The zero-order valence-electron chi connectivity index (χ0n) is 27.7. The van der Waals surface area contributed by atoms with Crippen LogP contribution in [0.3, 0.4) is 0 Å². The molecular formula is C49H34. The van der Waals surface area contributed by atoms with E-state index in [4.69, 9.17) is 0 Å². The van der Waals surface area contributed by atoms with Crippen molar-refractivity contribution in [1.82, 2.24) is 0 Å². The van der Waals surface area contributed by atoms with Crippen LogP contribution in [-0.4, -0.2) is 0 Å². The zero-order chi connectivity index (χ0) is 32.7. The van der Waals surface area contributed by atoms with Gasteiger partial charge in [-0.3, -0.25) is 0 Å². The summed E-state index contributed by atoms with van der Waals surface area (Å²) in [6.45, 7) is 4.88. The van der Waals surface area contributed by atoms with Crippen molar-refractivity contribution in [3.63, 3.8) is 0 Å². The first-order valence-electron chi connectivity index (χ1n) is 17.3. The Morgan fingerprint density at radius 2 is 0.633 bits per heavy atom. The van der Waals surface area contributed by atoms with Crippen molar-refractivity contribution in [2.75, 3.05) is 0 Å². The second kappa shape index (κ2) is 10.5. The fourth-order valence-corrected chi connectivity index (χ4v) is 9.12. The van der Waals surface area contributed by atoms with Crippen molar-refractivity contribution in [2.45, 2.75) is 19.3 Å². The minimum absolute atomic E-state index is 0.217. The molecule has 0 atom stereocenters. The monoisotopic (exact) mass is 622 g/mol. The third-order valence-corrected chi connectivity index (χ3v) is 11.0. The number of rotatable bonds is 3. The molecule has 0 amide bonds. The van der Waals surface area contributed by atoms with E-state index < -0.39 is 0 Å². The lowest BCUT2D eigenvalue weighted by atomic mass is 9.75. The van der Waals surface area contributed by atoms with Crippen LogP contribution < -0.4 is 0 Å². The maximum Gasteiger partial charge on any atom is 0.0171 e. The lowest BCUT2D eigenvalue weighted by Gasteiger charge is -2.27. The Balaban J connectivity index is 1.33. The molecule has 49 heavy (non-hydrogen) atoms. The molecule has 0 spiro atoms. The normalized spacial score (nSPS) is 13.3. The van der Waals surface area contributed by atoms with E-state index in [0.717, 1.165) is 0 Å². The Morgan fingerprint density at radius 1 is 0.265 bits per heavy atom. The summed E-state index contributed by atoms with van der Waals surface area (Å²) in [4.78, 5) is 0. The molecule has 10 rings (SSSR count).